The van der Waals surface area contributed by atoms with Gasteiger partial charge in [0, 0.05) is 11.3 Å². The van der Waals surface area contributed by atoms with Crippen molar-refractivity contribution in [3.63, 3.8) is 0 Å². The molecule has 1 aromatic rings. The Morgan fingerprint density at radius 2 is 2.31 bits per heavy atom. The van der Waals surface area contributed by atoms with Crippen molar-refractivity contribution < 1.29 is 4.74 Å². The van der Waals surface area contributed by atoms with Crippen LogP contribution in [0.2, 0.25) is 0 Å². The van der Waals surface area contributed by atoms with E-state index < -0.39 is 0 Å². The Balaban J connectivity index is 2.38. The molecule has 3 nitrogen and oxygen atoms in total. The smallest absolute Gasteiger partial charge is 0.0721 e. The molecule has 2 heterocycles. The molecule has 0 spiro atoms. The van der Waals surface area contributed by atoms with Gasteiger partial charge in [0.2, 0.25) is 0 Å². The molecule has 3 heteroatoms. The first-order chi connectivity index (χ1) is 6.29. The molecule has 1 aromatic heterocycles. The lowest BCUT2D eigenvalue weighted by molar-refractivity contribution is 0.164. The number of rotatable bonds is 1. The number of aromatic nitrogens is 2. The molecule has 1 aliphatic heterocycles. The van der Waals surface area contributed by atoms with E-state index in [9.17, 15) is 0 Å². The summed E-state index contributed by atoms with van der Waals surface area (Å²) in [4.78, 5) is 0. The minimum atomic E-state index is 0.723. The van der Waals surface area contributed by atoms with Gasteiger partial charge < -0.3 is 4.74 Å². The van der Waals surface area contributed by atoms with E-state index in [1.807, 2.05) is 13.8 Å². The average molecular weight is 178 g/mol. The third kappa shape index (κ3) is 1.52. The quantitative estimate of drug-likeness (QED) is 0.712. The Labute approximate surface area is 77.8 Å². The van der Waals surface area contributed by atoms with E-state index in [4.69, 9.17) is 4.74 Å². The summed E-state index contributed by atoms with van der Waals surface area (Å²) in [5.41, 5.74) is 4.71. The summed E-state index contributed by atoms with van der Waals surface area (Å²) in [6.45, 7) is 5.64. The van der Waals surface area contributed by atoms with Gasteiger partial charge in [-0.15, -0.1) is 0 Å². The molecule has 2 rings (SSSR count). The monoisotopic (exact) mass is 178 g/mol. The fourth-order valence-electron chi connectivity index (χ4n) is 1.76. The lowest BCUT2D eigenvalue weighted by Crippen LogP contribution is -2.06. The molecule has 0 fully saturated rings. The van der Waals surface area contributed by atoms with Crippen LogP contribution in [0.5, 0.6) is 0 Å². The summed E-state index contributed by atoms with van der Waals surface area (Å²) < 4.78 is 5.41. The van der Waals surface area contributed by atoms with Crippen molar-refractivity contribution in [1.29, 1.82) is 0 Å². The Bertz CT molecular complexity index is 319. The molecule has 0 bridgehead atoms. The van der Waals surface area contributed by atoms with Crippen LogP contribution in [0.4, 0.5) is 0 Å². The van der Waals surface area contributed by atoms with E-state index in [0.29, 0.717) is 0 Å². The number of H-pyrrole nitrogens is 1. The summed E-state index contributed by atoms with van der Waals surface area (Å²) in [5.74, 6) is 0. The molecule has 0 saturated heterocycles. The molecule has 70 valence electrons. The summed E-state index contributed by atoms with van der Waals surface area (Å²) in [6.07, 6.45) is 3.26. The van der Waals surface area contributed by atoms with Crippen LogP contribution >= 0.6 is 0 Å². The number of nitrogens with zero attached hydrogens (tertiary/aromatic N) is 1. The predicted octanol–water partition coefficient (Wildman–Crippen LogP) is 1.83. The van der Waals surface area contributed by atoms with Crippen LogP contribution in [0, 0.1) is 13.8 Å². The Hall–Kier alpha value is -1.09. The average Bonchev–Trinajstić information content (AvgIpc) is 2.48. The van der Waals surface area contributed by atoms with Gasteiger partial charge >= 0.3 is 0 Å². The highest BCUT2D eigenvalue weighted by molar-refractivity contribution is 5.70. The summed E-state index contributed by atoms with van der Waals surface area (Å²) >= 11 is 0. The zero-order valence-corrected chi connectivity index (χ0v) is 8.05. The molecule has 0 radical (unpaired) electrons. The SMILES string of the molecule is Cc1n[nH]c(C)c1C1=CCCOC1. The number of hydrogen-bond acceptors (Lipinski definition) is 2. The minimum absolute atomic E-state index is 0.723. The zero-order chi connectivity index (χ0) is 9.26. The number of aromatic amines is 1. The van der Waals surface area contributed by atoms with Crippen molar-refractivity contribution in [3.8, 4) is 0 Å². The Morgan fingerprint density at radius 3 is 2.85 bits per heavy atom. The molecule has 1 N–H and O–H groups in total. The van der Waals surface area contributed by atoms with Gasteiger partial charge in [-0.2, -0.15) is 5.10 Å². The molecular formula is C10H14N2O. The second-order valence-electron chi connectivity index (χ2n) is 3.38. The third-order valence-corrected chi connectivity index (χ3v) is 2.36. The molecule has 13 heavy (non-hydrogen) atoms. The van der Waals surface area contributed by atoms with Crippen molar-refractivity contribution in [1.82, 2.24) is 10.2 Å². The molecule has 0 saturated carbocycles. The van der Waals surface area contributed by atoms with Gasteiger partial charge in [-0.25, -0.2) is 0 Å². The molecular weight excluding hydrogens is 164 g/mol. The second-order valence-corrected chi connectivity index (χ2v) is 3.38. The van der Waals surface area contributed by atoms with Crippen LogP contribution in [-0.2, 0) is 4.74 Å². The van der Waals surface area contributed by atoms with Gasteiger partial charge in [-0.05, 0) is 25.8 Å². The van der Waals surface area contributed by atoms with E-state index >= 15 is 0 Å². The standard InChI is InChI=1S/C10H14N2O/c1-7-10(8(2)12-11-7)9-4-3-5-13-6-9/h4H,3,5-6H2,1-2H3,(H,11,12). The highest BCUT2D eigenvalue weighted by Gasteiger charge is 2.13. The summed E-state index contributed by atoms with van der Waals surface area (Å²) in [7, 11) is 0. The maximum atomic E-state index is 5.41. The summed E-state index contributed by atoms with van der Waals surface area (Å²) in [6, 6.07) is 0. The van der Waals surface area contributed by atoms with Crippen molar-refractivity contribution in [3.05, 3.63) is 23.0 Å². The topological polar surface area (TPSA) is 37.9 Å². The van der Waals surface area contributed by atoms with Crippen LogP contribution in [0.1, 0.15) is 23.4 Å². The molecule has 0 aliphatic carbocycles. The van der Waals surface area contributed by atoms with Gasteiger partial charge in [0.25, 0.3) is 0 Å². The van der Waals surface area contributed by atoms with Crippen LogP contribution in [0.15, 0.2) is 6.08 Å². The largest absolute Gasteiger partial charge is 0.376 e. The fraction of sp³-hybridized carbons (Fsp3) is 0.500. The molecule has 0 aromatic carbocycles. The van der Waals surface area contributed by atoms with Crippen LogP contribution < -0.4 is 0 Å². The van der Waals surface area contributed by atoms with Crippen molar-refractivity contribution in [2.24, 2.45) is 0 Å². The molecule has 1 aliphatic rings. The van der Waals surface area contributed by atoms with Gasteiger partial charge in [0.05, 0.1) is 18.9 Å². The fourth-order valence-corrected chi connectivity index (χ4v) is 1.76. The first-order valence-electron chi connectivity index (χ1n) is 4.58. The van der Waals surface area contributed by atoms with Gasteiger partial charge in [-0.1, -0.05) is 6.08 Å². The maximum absolute atomic E-state index is 5.41. The number of aryl methyl sites for hydroxylation is 2. The van der Waals surface area contributed by atoms with Crippen LogP contribution in [0.3, 0.4) is 0 Å². The van der Waals surface area contributed by atoms with Gasteiger partial charge in [0.1, 0.15) is 0 Å². The first kappa shape index (κ1) is 8.51. The third-order valence-electron chi connectivity index (χ3n) is 2.36. The number of ether oxygens (including phenoxy) is 1. The summed E-state index contributed by atoms with van der Waals surface area (Å²) in [5, 5.41) is 7.16. The van der Waals surface area contributed by atoms with E-state index in [1.165, 1.54) is 11.1 Å². The van der Waals surface area contributed by atoms with Crippen LogP contribution in [-0.4, -0.2) is 23.4 Å². The lowest BCUT2D eigenvalue weighted by atomic mass is 10.0. The normalized spacial score (nSPS) is 17.2. The van der Waals surface area contributed by atoms with Gasteiger partial charge in [-0.3, -0.25) is 5.10 Å². The number of hydrogen-bond donors (Lipinski definition) is 1. The van der Waals surface area contributed by atoms with Gasteiger partial charge in [0.15, 0.2) is 0 Å². The Kier molecular flexibility index (Phi) is 2.19. The Morgan fingerprint density at radius 1 is 1.46 bits per heavy atom. The van der Waals surface area contributed by atoms with E-state index in [1.54, 1.807) is 0 Å². The van der Waals surface area contributed by atoms with Crippen molar-refractivity contribution in [2.45, 2.75) is 20.3 Å². The van der Waals surface area contributed by atoms with Crippen molar-refractivity contribution >= 4 is 5.57 Å². The van der Waals surface area contributed by atoms with E-state index in [-0.39, 0.29) is 0 Å². The first-order valence-corrected chi connectivity index (χ1v) is 4.58. The molecule has 0 unspecified atom stereocenters. The zero-order valence-electron chi connectivity index (χ0n) is 8.05. The maximum Gasteiger partial charge on any atom is 0.0721 e. The lowest BCUT2D eigenvalue weighted by Gasteiger charge is -2.13. The van der Waals surface area contributed by atoms with Crippen LogP contribution in [0.25, 0.3) is 5.57 Å². The minimum Gasteiger partial charge on any atom is -0.376 e. The second kappa shape index (κ2) is 3.34. The molecule has 0 amide bonds. The van der Waals surface area contributed by atoms with Crippen molar-refractivity contribution in [2.75, 3.05) is 13.2 Å². The number of nitrogens with one attached hydrogen (secondary N) is 1. The predicted molar refractivity (Wildman–Crippen MR) is 51.5 cm³/mol. The molecule has 0 atom stereocenters. The van der Waals surface area contributed by atoms with E-state index in [0.717, 1.165) is 31.0 Å². The van der Waals surface area contributed by atoms with E-state index in [2.05, 4.69) is 16.3 Å². The highest BCUT2D eigenvalue weighted by atomic mass is 16.5. The highest BCUT2D eigenvalue weighted by Crippen LogP contribution is 2.23.